The second-order valence-electron chi connectivity index (χ2n) is 17.6. The van der Waals surface area contributed by atoms with E-state index in [2.05, 4.69) is 52.6 Å². The van der Waals surface area contributed by atoms with Crippen LogP contribution in [0.25, 0.3) is 5.57 Å². The molecule has 5 rings (SSSR count). The summed E-state index contributed by atoms with van der Waals surface area (Å²) >= 11 is 7.53. The van der Waals surface area contributed by atoms with Gasteiger partial charge in [0.05, 0.1) is 30.0 Å². The van der Waals surface area contributed by atoms with Gasteiger partial charge in [-0.2, -0.15) is 13.2 Å². The first kappa shape index (κ1) is 57.9. The van der Waals surface area contributed by atoms with Crippen molar-refractivity contribution in [2.24, 2.45) is 5.41 Å². The molecule has 0 bridgehead atoms. The fourth-order valence-electron chi connectivity index (χ4n) is 7.84. The van der Waals surface area contributed by atoms with Crippen LogP contribution in [0.2, 0.25) is 5.02 Å². The Kier molecular flexibility index (Phi) is 21.9. The summed E-state index contributed by atoms with van der Waals surface area (Å²) in [5, 5.41) is 16.8. The first-order valence-electron chi connectivity index (χ1n) is 23.4. The van der Waals surface area contributed by atoms with Crippen molar-refractivity contribution in [1.29, 1.82) is 0 Å². The average molecular weight is 1090 g/mol. The molecule has 0 heterocycles. The van der Waals surface area contributed by atoms with Crippen LogP contribution in [-0.2, 0) is 33.5 Å². The summed E-state index contributed by atoms with van der Waals surface area (Å²) < 4.78 is 121. The van der Waals surface area contributed by atoms with Gasteiger partial charge in [-0.1, -0.05) is 61.4 Å². The number of sulfonamides is 1. The van der Waals surface area contributed by atoms with Gasteiger partial charge in [0.25, 0.3) is 25.8 Å². The van der Waals surface area contributed by atoms with E-state index in [1.807, 2.05) is 47.2 Å². The van der Waals surface area contributed by atoms with Crippen molar-refractivity contribution in [1.82, 2.24) is 20.7 Å². The highest BCUT2D eigenvalue weighted by molar-refractivity contribution is 7.99. The highest BCUT2D eigenvalue weighted by atomic mass is 35.5. The Balaban J connectivity index is 1.20. The first-order valence-corrected chi connectivity index (χ1v) is 29.5. The van der Waals surface area contributed by atoms with Crippen molar-refractivity contribution < 1.29 is 48.4 Å². The lowest BCUT2D eigenvalue weighted by atomic mass is 9.73. The fourth-order valence-corrected chi connectivity index (χ4v) is 12.5. The van der Waals surface area contributed by atoms with Crippen LogP contribution in [0.15, 0.2) is 117 Å². The minimum atomic E-state index is -6.11. The summed E-state index contributed by atoms with van der Waals surface area (Å²) in [4.78, 5) is 11.9. The number of thioether (sulfide) groups is 1. The van der Waals surface area contributed by atoms with Crippen molar-refractivity contribution in [2.75, 3.05) is 81.6 Å². The largest absolute Gasteiger partial charge is 0.501 e. The van der Waals surface area contributed by atoms with E-state index in [9.17, 15) is 39.4 Å². The molecular formula is C49H65ClF3N6O8PS3. The van der Waals surface area contributed by atoms with E-state index in [1.54, 1.807) is 26.0 Å². The molecule has 71 heavy (non-hydrogen) atoms. The lowest BCUT2D eigenvalue weighted by molar-refractivity contribution is -0.0436. The van der Waals surface area contributed by atoms with E-state index in [4.69, 9.17) is 20.6 Å². The molecule has 0 saturated heterocycles. The highest BCUT2D eigenvalue weighted by Crippen LogP contribution is 2.47. The molecule has 1 atom stereocenters. The van der Waals surface area contributed by atoms with Crippen LogP contribution in [0, 0.1) is 5.41 Å². The number of carbonyl (C=O) groups is 1. The zero-order chi connectivity index (χ0) is 51.7. The van der Waals surface area contributed by atoms with Crippen LogP contribution in [0.3, 0.4) is 0 Å². The van der Waals surface area contributed by atoms with Gasteiger partial charge in [0.15, 0.2) is 0 Å². The number of amides is 1. The van der Waals surface area contributed by atoms with Crippen molar-refractivity contribution in [3.05, 3.63) is 119 Å². The normalized spacial score (nSPS) is 14.8. The van der Waals surface area contributed by atoms with Gasteiger partial charge in [-0.05, 0) is 129 Å². The molecular weight excluding hydrogens is 1020 g/mol. The maximum Gasteiger partial charge on any atom is 0.501 e. The van der Waals surface area contributed by atoms with Crippen LogP contribution in [-0.4, -0.2) is 105 Å². The van der Waals surface area contributed by atoms with Gasteiger partial charge in [0.1, 0.15) is 4.90 Å². The molecule has 22 heteroatoms. The Labute approximate surface area is 425 Å². The van der Waals surface area contributed by atoms with Gasteiger partial charge < -0.3 is 35.6 Å². The van der Waals surface area contributed by atoms with Crippen LogP contribution >= 0.6 is 31.0 Å². The number of hydrogen-bond donors (Lipinski definition) is 6. The van der Waals surface area contributed by atoms with Gasteiger partial charge >= 0.3 is 13.1 Å². The number of anilines is 2. The van der Waals surface area contributed by atoms with Gasteiger partial charge in [-0.15, -0.1) is 11.8 Å². The second-order valence-corrected chi connectivity index (χ2v) is 24.9. The van der Waals surface area contributed by atoms with Crippen LogP contribution in [0.5, 0.6) is 0 Å². The molecule has 0 saturated carbocycles. The van der Waals surface area contributed by atoms with E-state index >= 15 is 0 Å². The number of rotatable bonds is 29. The number of sulfone groups is 1. The van der Waals surface area contributed by atoms with Crippen molar-refractivity contribution in [3.8, 4) is 0 Å². The fraction of sp³-hybridized carbons (Fsp3) is 0.449. The van der Waals surface area contributed by atoms with Crippen molar-refractivity contribution >= 4 is 73.7 Å². The Morgan fingerprint density at radius 1 is 0.831 bits per heavy atom. The van der Waals surface area contributed by atoms with Gasteiger partial charge in [-0.25, -0.2) is 21.6 Å². The monoisotopic (exact) mass is 1080 g/mol. The molecule has 1 amide bonds. The quantitative estimate of drug-likeness (QED) is 0.0171. The van der Waals surface area contributed by atoms with Crippen LogP contribution in [0.1, 0.15) is 69.3 Å². The summed E-state index contributed by atoms with van der Waals surface area (Å²) in [6.45, 7) is 12.1. The molecule has 14 nitrogen and oxygen atoms in total. The van der Waals surface area contributed by atoms with E-state index in [1.165, 1.54) is 40.6 Å². The van der Waals surface area contributed by atoms with Gasteiger partial charge in [-0.3, -0.25) is 9.36 Å². The third kappa shape index (κ3) is 17.9. The molecule has 0 aliphatic heterocycles. The maximum absolute atomic E-state index is 14.2. The number of alkyl halides is 3. The van der Waals surface area contributed by atoms with E-state index in [0.717, 1.165) is 36.3 Å². The Hall–Kier alpha value is -3.95. The minimum absolute atomic E-state index is 0.0580. The van der Waals surface area contributed by atoms with Gasteiger partial charge in [0.2, 0.25) is 0 Å². The first-order chi connectivity index (χ1) is 33.6. The number of nitrogens with one attached hydrogen (secondary N) is 6. The van der Waals surface area contributed by atoms with Crippen molar-refractivity contribution in [3.63, 3.8) is 0 Å². The molecule has 1 aliphatic carbocycles. The SMILES string of the molecule is CCOP(=O)(CCNCCNCC[C@H](CSc1ccccc1)Nc1ccc(S(=O)(=O)NC(=O)c2ccc(NCCNCC3=C(c4ccc(Cl)cc4)CCC(C)(C)C3)cc2)cc1S(=O)(=O)C(F)(F)F)OCC. The summed E-state index contributed by atoms with van der Waals surface area (Å²) in [5.41, 5.74) is -1.59. The Morgan fingerprint density at radius 3 is 2.13 bits per heavy atom. The number of allylic oxidation sites excluding steroid dienone is 1. The molecule has 0 aromatic heterocycles. The van der Waals surface area contributed by atoms with E-state index in [-0.39, 0.29) is 30.4 Å². The Morgan fingerprint density at radius 2 is 1.48 bits per heavy atom. The summed E-state index contributed by atoms with van der Waals surface area (Å²) in [5.74, 6) is -0.776. The molecule has 390 valence electrons. The summed E-state index contributed by atoms with van der Waals surface area (Å²) in [6, 6.07) is 24.8. The van der Waals surface area contributed by atoms with Crippen molar-refractivity contribution in [2.45, 2.75) is 79.6 Å². The predicted octanol–water partition coefficient (Wildman–Crippen LogP) is 9.83. The number of carbonyl (C=O) groups excluding carboxylic acids is 1. The minimum Gasteiger partial charge on any atom is -0.384 e. The molecule has 4 aromatic carbocycles. The molecule has 0 radical (unpaired) electrons. The lowest BCUT2D eigenvalue weighted by Gasteiger charge is -2.34. The Bertz CT molecular complexity index is 2660. The summed E-state index contributed by atoms with van der Waals surface area (Å²) in [6.07, 6.45) is 3.54. The molecule has 0 spiro atoms. The third-order valence-corrected chi connectivity index (χ3v) is 17.8. The summed E-state index contributed by atoms with van der Waals surface area (Å²) in [7, 11) is -14.2. The van der Waals surface area contributed by atoms with Gasteiger partial charge in [0, 0.05) is 72.2 Å². The van der Waals surface area contributed by atoms with Crippen LogP contribution < -0.4 is 31.3 Å². The average Bonchev–Trinajstić information content (AvgIpc) is 3.31. The zero-order valence-corrected chi connectivity index (χ0v) is 44.5. The second kappa shape index (κ2) is 26.8. The van der Waals surface area contributed by atoms with E-state index < -0.39 is 60.4 Å². The molecule has 0 unspecified atom stereocenters. The number of halogens is 4. The van der Waals surface area contributed by atoms with Crippen LogP contribution in [0.4, 0.5) is 24.5 Å². The molecule has 6 N–H and O–H groups in total. The molecule has 1 aliphatic rings. The highest BCUT2D eigenvalue weighted by Gasteiger charge is 2.48. The smallest absolute Gasteiger partial charge is 0.384 e. The predicted molar refractivity (Wildman–Crippen MR) is 279 cm³/mol. The lowest BCUT2D eigenvalue weighted by Crippen LogP contribution is -2.34. The molecule has 4 aromatic rings. The zero-order valence-electron chi connectivity index (χ0n) is 40.4. The molecule has 0 fully saturated rings. The standard InChI is InChI=1S/C49H65ClF3N6O8PS3/c1-5-66-68(61,67-6-2)31-30-55-27-26-54-25-23-41(35-69-42-10-8-7-9-11-42)58-45-21-20-43(32-46(45)70(62,63)49(51,52)53)71(64,65)59-47(60)37-14-18-40(19-15-37)57-29-28-56-34-38-33-48(3,4)24-22-44(38)36-12-16-39(50)17-13-36/h7-21,32,41,54-58H,5-6,22-31,33-35H2,1-4H3,(H,59,60)/t41-/m1/s1. The van der Waals surface area contributed by atoms with E-state index in [0.29, 0.717) is 74.8 Å². The topological polar surface area (TPSA) is 193 Å². The number of benzene rings is 4. The number of hydrogen-bond acceptors (Lipinski definition) is 14. The third-order valence-electron chi connectivity index (χ3n) is 11.5. The maximum atomic E-state index is 14.2.